The topological polar surface area (TPSA) is 63.9 Å². The third-order valence-corrected chi connectivity index (χ3v) is 3.83. The van der Waals surface area contributed by atoms with E-state index in [1.807, 2.05) is 50.2 Å². The number of benzene rings is 2. The van der Waals surface area contributed by atoms with Gasteiger partial charge in [-0.2, -0.15) is 0 Å². The summed E-state index contributed by atoms with van der Waals surface area (Å²) in [6.45, 7) is 4.61. The summed E-state index contributed by atoms with van der Waals surface area (Å²) in [4.78, 5) is 8.08. The zero-order valence-corrected chi connectivity index (χ0v) is 13.6. The number of imidazole rings is 1. The van der Waals surface area contributed by atoms with E-state index in [-0.39, 0.29) is 12.0 Å². The Bertz CT molecular complexity index is 746. The van der Waals surface area contributed by atoms with Crippen LogP contribution in [0.25, 0.3) is 11.0 Å². The molecular formula is C19H23N3O. The fraction of sp³-hybridized carbons (Fsp3) is 0.316. The second-order valence-corrected chi connectivity index (χ2v) is 6.09. The summed E-state index contributed by atoms with van der Waals surface area (Å²) < 4.78 is 5.77. The van der Waals surface area contributed by atoms with Gasteiger partial charge < -0.3 is 15.5 Å². The number of ether oxygens (including phenoxy) is 1. The fourth-order valence-electron chi connectivity index (χ4n) is 2.76. The van der Waals surface area contributed by atoms with Crippen LogP contribution in [0, 0.1) is 0 Å². The van der Waals surface area contributed by atoms with Crippen LogP contribution in [0.2, 0.25) is 0 Å². The van der Waals surface area contributed by atoms with Crippen LogP contribution in [-0.4, -0.2) is 22.6 Å². The molecule has 0 aliphatic heterocycles. The Labute approximate surface area is 136 Å². The van der Waals surface area contributed by atoms with E-state index in [4.69, 9.17) is 10.5 Å². The van der Waals surface area contributed by atoms with Crippen molar-refractivity contribution in [3.63, 3.8) is 0 Å². The average Bonchev–Trinajstić information content (AvgIpc) is 2.96. The molecule has 1 heterocycles. The monoisotopic (exact) mass is 309 g/mol. The zero-order valence-electron chi connectivity index (χ0n) is 13.6. The van der Waals surface area contributed by atoms with Crippen LogP contribution < -0.4 is 10.5 Å². The minimum atomic E-state index is 0.164. The SMILES string of the molecule is CC(C)Oc1cccc(CC(CN)c2nc3ccccc3[nH]2)c1. The molecule has 0 saturated carbocycles. The normalized spacial score (nSPS) is 12.7. The van der Waals surface area contributed by atoms with E-state index >= 15 is 0 Å². The van der Waals surface area contributed by atoms with Crippen LogP contribution in [0.15, 0.2) is 48.5 Å². The van der Waals surface area contributed by atoms with E-state index in [0.717, 1.165) is 29.0 Å². The Kier molecular flexibility index (Phi) is 4.63. The molecule has 23 heavy (non-hydrogen) atoms. The molecule has 1 unspecified atom stereocenters. The Morgan fingerprint density at radius 3 is 2.70 bits per heavy atom. The number of fused-ring (bicyclic) bond motifs is 1. The first-order valence-corrected chi connectivity index (χ1v) is 8.06. The molecule has 4 heteroatoms. The predicted octanol–water partition coefficient (Wildman–Crippen LogP) is 3.64. The lowest BCUT2D eigenvalue weighted by Gasteiger charge is -2.14. The predicted molar refractivity (Wildman–Crippen MR) is 93.8 cm³/mol. The van der Waals surface area contributed by atoms with Crippen molar-refractivity contribution in [3.8, 4) is 5.75 Å². The van der Waals surface area contributed by atoms with Crippen molar-refractivity contribution in [2.45, 2.75) is 32.3 Å². The Morgan fingerprint density at radius 1 is 1.13 bits per heavy atom. The number of H-pyrrole nitrogens is 1. The molecule has 2 aromatic carbocycles. The Balaban J connectivity index is 1.81. The van der Waals surface area contributed by atoms with Gasteiger partial charge in [-0.05, 0) is 50.1 Å². The maximum Gasteiger partial charge on any atom is 0.119 e. The van der Waals surface area contributed by atoms with E-state index in [2.05, 4.69) is 22.1 Å². The highest BCUT2D eigenvalue weighted by molar-refractivity contribution is 5.74. The van der Waals surface area contributed by atoms with Crippen LogP contribution in [0.3, 0.4) is 0 Å². The maximum absolute atomic E-state index is 6.00. The molecule has 1 aromatic heterocycles. The van der Waals surface area contributed by atoms with Gasteiger partial charge in [-0.3, -0.25) is 0 Å². The number of aromatic amines is 1. The van der Waals surface area contributed by atoms with Crippen LogP contribution in [-0.2, 0) is 6.42 Å². The standard InChI is InChI=1S/C19H23N3O/c1-13(2)23-16-7-5-6-14(11-16)10-15(12-20)19-21-17-8-3-4-9-18(17)22-19/h3-9,11,13,15H,10,12,20H2,1-2H3,(H,21,22). The molecule has 1 atom stereocenters. The molecular weight excluding hydrogens is 286 g/mol. The smallest absolute Gasteiger partial charge is 0.119 e. The van der Waals surface area contributed by atoms with Gasteiger partial charge in [0.05, 0.1) is 17.1 Å². The van der Waals surface area contributed by atoms with Gasteiger partial charge in [0, 0.05) is 12.5 Å². The van der Waals surface area contributed by atoms with Crippen molar-refractivity contribution in [1.29, 1.82) is 0 Å². The molecule has 0 fully saturated rings. The van der Waals surface area contributed by atoms with E-state index in [1.165, 1.54) is 5.56 Å². The molecule has 0 amide bonds. The molecule has 0 aliphatic carbocycles. The van der Waals surface area contributed by atoms with Crippen molar-refractivity contribution in [2.75, 3.05) is 6.54 Å². The van der Waals surface area contributed by atoms with Crippen molar-refractivity contribution < 1.29 is 4.74 Å². The first kappa shape index (κ1) is 15.6. The lowest BCUT2D eigenvalue weighted by atomic mass is 9.98. The third kappa shape index (κ3) is 3.71. The quantitative estimate of drug-likeness (QED) is 0.730. The molecule has 3 N–H and O–H groups in total. The summed E-state index contributed by atoms with van der Waals surface area (Å²) in [6.07, 6.45) is 1.01. The highest BCUT2D eigenvalue weighted by Gasteiger charge is 2.15. The minimum Gasteiger partial charge on any atom is -0.491 e. The van der Waals surface area contributed by atoms with E-state index in [1.54, 1.807) is 0 Å². The van der Waals surface area contributed by atoms with Gasteiger partial charge in [-0.25, -0.2) is 4.98 Å². The Hall–Kier alpha value is -2.33. The average molecular weight is 309 g/mol. The van der Waals surface area contributed by atoms with E-state index in [9.17, 15) is 0 Å². The number of nitrogens with one attached hydrogen (secondary N) is 1. The van der Waals surface area contributed by atoms with Crippen LogP contribution in [0.5, 0.6) is 5.75 Å². The maximum atomic E-state index is 6.00. The summed E-state index contributed by atoms with van der Waals surface area (Å²) in [5.41, 5.74) is 9.25. The molecule has 0 radical (unpaired) electrons. The number of hydrogen-bond donors (Lipinski definition) is 2. The number of aromatic nitrogens is 2. The van der Waals surface area contributed by atoms with Gasteiger partial charge in [-0.1, -0.05) is 24.3 Å². The van der Waals surface area contributed by atoms with Crippen LogP contribution >= 0.6 is 0 Å². The van der Waals surface area contributed by atoms with Gasteiger partial charge in [0.25, 0.3) is 0 Å². The van der Waals surface area contributed by atoms with Gasteiger partial charge in [0.1, 0.15) is 11.6 Å². The number of para-hydroxylation sites is 2. The second kappa shape index (κ2) is 6.84. The molecule has 0 spiro atoms. The fourth-order valence-corrected chi connectivity index (χ4v) is 2.76. The third-order valence-electron chi connectivity index (χ3n) is 3.83. The van der Waals surface area contributed by atoms with Gasteiger partial charge >= 0.3 is 0 Å². The number of nitrogens with two attached hydrogens (primary N) is 1. The van der Waals surface area contributed by atoms with E-state index < -0.39 is 0 Å². The highest BCUT2D eigenvalue weighted by Crippen LogP contribution is 2.23. The molecule has 0 aliphatic rings. The summed E-state index contributed by atoms with van der Waals surface area (Å²) in [6, 6.07) is 16.3. The van der Waals surface area contributed by atoms with Crippen molar-refractivity contribution in [1.82, 2.24) is 9.97 Å². The second-order valence-electron chi connectivity index (χ2n) is 6.09. The first-order chi connectivity index (χ1) is 11.2. The number of rotatable bonds is 6. The van der Waals surface area contributed by atoms with E-state index in [0.29, 0.717) is 6.54 Å². The highest BCUT2D eigenvalue weighted by atomic mass is 16.5. The lowest BCUT2D eigenvalue weighted by molar-refractivity contribution is 0.242. The summed E-state index contributed by atoms with van der Waals surface area (Å²) in [5, 5.41) is 0. The van der Waals surface area contributed by atoms with Crippen molar-refractivity contribution in [2.24, 2.45) is 5.73 Å². The van der Waals surface area contributed by atoms with Crippen LogP contribution in [0.4, 0.5) is 0 Å². The zero-order chi connectivity index (χ0) is 16.2. The summed E-state index contributed by atoms with van der Waals surface area (Å²) in [7, 11) is 0. The summed E-state index contributed by atoms with van der Waals surface area (Å²) >= 11 is 0. The largest absolute Gasteiger partial charge is 0.491 e. The van der Waals surface area contributed by atoms with Gasteiger partial charge in [-0.15, -0.1) is 0 Å². The van der Waals surface area contributed by atoms with Gasteiger partial charge in [0.15, 0.2) is 0 Å². The number of hydrogen-bond acceptors (Lipinski definition) is 3. The Morgan fingerprint density at radius 2 is 1.96 bits per heavy atom. The molecule has 0 bridgehead atoms. The van der Waals surface area contributed by atoms with Gasteiger partial charge in [0.2, 0.25) is 0 Å². The minimum absolute atomic E-state index is 0.164. The molecule has 4 nitrogen and oxygen atoms in total. The molecule has 3 rings (SSSR count). The summed E-state index contributed by atoms with van der Waals surface area (Å²) in [5.74, 6) is 2.01. The number of nitrogens with zero attached hydrogens (tertiary/aromatic N) is 1. The van der Waals surface area contributed by atoms with Crippen molar-refractivity contribution in [3.05, 3.63) is 59.9 Å². The molecule has 120 valence electrons. The first-order valence-electron chi connectivity index (χ1n) is 8.06. The van der Waals surface area contributed by atoms with Crippen molar-refractivity contribution >= 4 is 11.0 Å². The molecule has 3 aromatic rings. The molecule has 0 saturated heterocycles. The van der Waals surface area contributed by atoms with Crippen LogP contribution in [0.1, 0.15) is 31.2 Å². The lowest BCUT2D eigenvalue weighted by Crippen LogP contribution is -2.16.